The minimum atomic E-state index is -0.0194. The Kier molecular flexibility index (Phi) is 8.69. The topological polar surface area (TPSA) is 18.5 Å². The Morgan fingerprint density at radius 1 is 0.727 bits per heavy atom. The van der Waals surface area contributed by atoms with Gasteiger partial charge in [-0.05, 0) is 78.5 Å². The van der Waals surface area contributed by atoms with Crippen LogP contribution in [-0.4, -0.2) is 33.5 Å². The number of hydrogen-bond acceptors (Lipinski definition) is 6. The van der Waals surface area contributed by atoms with Crippen LogP contribution in [-0.2, 0) is 9.47 Å². The van der Waals surface area contributed by atoms with Crippen molar-refractivity contribution in [3.8, 4) is 0 Å². The summed E-state index contributed by atoms with van der Waals surface area (Å²) in [6.07, 6.45) is 11.3. The van der Waals surface area contributed by atoms with E-state index in [0.717, 1.165) is 19.3 Å². The van der Waals surface area contributed by atoms with Gasteiger partial charge in [0.1, 0.15) is 12.2 Å². The molecule has 0 aliphatic heterocycles. The van der Waals surface area contributed by atoms with Crippen LogP contribution in [0.3, 0.4) is 0 Å². The number of ether oxygens (including phenoxy) is 2. The molecule has 0 saturated heterocycles. The number of rotatable bonds is 4. The monoisotopic (exact) mass is 512 g/mol. The molecule has 172 valence electrons. The fraction of sp³-hybridized carbons (Fsp3) is 0.333. The molecule has 33 heavy (non-hydrogen) atoms. The van der Waals surface area contributed by atoms with Crippen molar-refractivity contribution < 1.29 is 9.47 Å². The number of fused-ring (bicyclic) bond motifs is 2. The van der Waals surface area contributed by atoms with Crippen molar-refractivity contribution in [1.29, 1.82) is 0 Å². The fourth-order valence-electron chi connectivity index (χ4n) is 4.92. The Bertz CT molecular complexity index is 949. The molecule has 2 fully saturated rings. The van der Waals surface area contributed by atoms with Crippen LogP contribution in [0.4, 0.5) is 0 Å². The van der Waals surface area contributed by atoms with Gasteiger partial charge in [-0.15, -0.1) is 0 Å². The summed E-state index contributed by atoms with van der Waals surface area (Å²) in [7, 11) is 0. The van der Waals surface area contributed by atoms with Gasteiger partial charge in [-0.2, -0.15) is 0 Å². The SMILES string of the molecule is CSC(=S)O[C@@H]1/C(=C/c2ccccc2)C[C@H]2C[C@@H]1C/C(=C\c1ccccc1)[C@H]2OC(=S)SC. The highest BCUT2D eigenvalue weighted by atomic mass is 32.2. The molecule has 0 amide bonds. The first-order valence-electron chi connectivity index (χ1n) is 11.1. The Morgan fingerprint density at radius 2 is 1.12 bits per heavy atom. The zero-order valence-corrected chi connectivity index (χ0v) is 22.1. The molecule has 0 radical (unpaired) electrons. The number of benzene rings is 2. The smallest absolute Gasteiger partial charge is 0.220 e. The van der Waals surface area contributed by atoms with Gasteiger partial charge < -0.3 is 9.47 Å². The lowest BCUT2D eigenvalue weighted by Gasteiger charge is -2.46. The highest BCUT2D eigenvalue weighted by Crippen LogP contribution is 2.48. The second kappa shape index (κ2) is 11.7. The van der Waals surface area contributed by atoms with Crippen molar-refractivity contribution in [2.75, 3.05) is 12.5 Å². The van der Waals surface area contributed by atoms with Crippen molar-refractivity contribution in [2.24, 2.45) is 11.8 Å². The van der Waals surface area contributed by atoms with Gasteiger partial charge in [0.2, 0.25) is 8.77 Å². The van der Waals surface area contributed by atoms with Crippen molar-refractivity contribution in [1.82, 2.24) is 0 Å². The predicted octanol–water partition coefficient (Wildman–Crippen LogP) is 7.65. The van der Waals surface area contributed by atoms with Crippen LogP contribution in [0.1, 0.15) is 30.4 Å². The van der Waals surface area contributed by atoms with E-state index >= 15 is 0 Å². The number of thiocarbonyl (C=S) groups is 2. The van der Waals surface area contributed by atoms with Gasteiger partial charge in [-0.1, -0.05) is 96.3 Å². The van der Waals surface area contributed by atoms with Crippen LogP contribution >= 0.6 is 48.0 Å². The summed E-state index contributed by atoms with van der Waals surface area (Å²) >= 11 is 14.0. The predicted molar refractivity (Wildman–Crippen MR) is 152 cm³/mol. The van der Waals surface area contributed by atoms with E-state index < -0.39 is 0 Å². The lowest BCUT2D eigenvalue weighted by molar-refractivity contribution is 0.0402. The van der Waals surface area contributed by atoms with E-state index in [4.69, 9.17) is 33.9 Å². The van der Waals surface area contributed by atoms with E-state index in [1.165, 1.54) is 45.8 Å². The highest BCUT2D eigenvalue weighted by molar-refractivity contribution is 8.22. The zero-order chi connectivity index (χ0) is 23.2. The van der Waals surface area contributed by atoms with Gasteiger partial charge in [0.05, 0.1) is 0 Å². The van der Waals surface area contributed by atoms with Gasteiger partial charge in [0.15, 0.2) is 0 Å². The average Bonchev–Trinajstić information content (AvgIpc) is 2.84. The Balaban J connectivity index is 1.71. The molecule has 2 bridgehead atoms. The molecule has 4 atom stereocenters. The highest BCUT2D eigenvalue weighted by Gasteiger charge is 2.45. The molecule has 0 N–H and O–H groups in total. The summed E-state index contributed by atoms with van der Waals surface area (Å²) in [5, 5.41) is 0. The lowest BCUT2D eigenvalue weighted by Crippen LogP contribution is -2.45. The molecule has 2 nitrogen and oxygen atoms in total. The van der Waals surface area contributed by atoms with Gasteiger partial charge in [0.25, 0.3) is 0 Å². The first kappa shape index (κ1) is 24.5. The Hall–Kier alpha value is -1.60. The number of hydrogen-bond donors (Lipinski definition) is 0. The van der Waals surface area contributed by atoms with Crippen molar-refractivity contribution in [3.63, 3.8) is 0 Å². The molecule has 2 aliphatic carbocycles. The van der Waals surface area contributed by atoms with E-state index in [2.05, 4.69) is 60.7 Å². The van der Waals surface area contributed by atoms with Crippen LogP contribution in [0.25, 0.3) is 12.2 Å². The summed E-state index contributed by atoms with van der Waals surface area (Å²) in [5.74, 6) is 0.697. The summed E-state index contributed by atoms with van der Waals surface area (Å²) in [4.78, 5) is 0. The molecule has 0 heterocycles. The molecule has 2 aliphatic rings. The van der Waals surface area contributed by atoms with Crippen molar-refractivity contribution >= 4 is 68.9 Å². The summed E-state index contributed by atoms with van der Waals surface area (Å²) in [5.41, 5.74) is 4.96. The number of thioether (sulfide) groups is 2. The van der Waals surface area contributed by atoms with Crippen LogP contribution in [0, 0.1) is 11.8 Å². The van der Waals surface area contributed by atoms with E-state index in [9.17, 15) is 0 Å². The molecule has 4 rings (SSSR count). The third-order valence-corrected chi connectivity index (χ3v) is 8.32. The third-order valence-electron chi connectivity index (χ3n) is 6.27. The zero-order valence-electron chi connectivity index (χ0n) is 18.8. The van der Waals surface area contributed by atoms with Crippen LogP contribution in [0.2, 0.25) is 0 Å². The normalized spacial score (nSPS) is 26.7. The first-order chi connectivity index (χ1) is 16.1. The van der Waals surface area contributed by atoms with Crippen LogP contribution in [0.15, 0.2) is 71.8 Å². The third kappa shape index (κ3) is 6.30. The molecule has 0 spiro atoms. The van der Waals surface area contributed by atoms with Crippen LogP contribution < -0.4 is 0 Å². The quantitative estimate of drug-likeness (QED) is 0.389. The van der Waals surface area contributed by atoms with E-state index in [1.807, 2.05) is 24.6 Å². The van der Waals surface area contributed by atoms with Gasteiger partial charge in [-0.3, -0.25) is 0 Å². The second-order valence-corrected chi connectivity index (χ2v) is 11.2. The van der Waals surface area contributed by atoms with E-state index in [1.54, 1.807) is 0 Å². The molecule has 2 aromatic carbocycles. The lowest BCUT2D eigenvalue weighted by atomic mass is 9.65. The molecule has 0 aromatic heterocycles. The van der Waals surface area contributed by atoms with E-state index in [-0.39, 0.29) is 12.2 Å². The minimum absolute atomic E-state index is 0.0194. The maximum atomic E-state index is 6.38. The summed E-state index contributed by atoms with van der Waals surface area (Å²) in [6.45, 7) is 0. The van der Waals surface area contributed by atoms with Gasteiger partial charge in [-0.25, -0.2) is 0 Å². The van der Waals surface area contributed by atoms with Crippen molar-refractivity contribution in [3.05, 3.63) is 82.9 Å². The van der Waals surface area contributed by atoms with Gasteiger partial charge in [0, 0.05) is 11.8 Å². The maximum absolute atomic E-state index is 6.38. The van der Waals surface area contributed by atoms with Crippen molar-refractivity contribution in [2.45, 2.75) is 31.5 Å². The summed E-state index contributed by atoms with van der Waals surface area (Å²) < 4.78 is 14.0. The first-order valence-corrected chi connectivity index (χ1v) is 14.3. The average molecular weight is 513 g/mol. The standard InChI is InChI=1S/C27H28O2S4/c1-32-26(30)28-24-20(13-18-9-5-3-6-10-18)15-23-17-22(24)16-21(25(23)29-27(31)33-2)14-19-11-7-4-8-12-19/h3-14,22-25H,15-17H2,1-2H3/b20-13+,21-14+/t22-,23-,24+,25+/m0/s1. The fourth-order valence-corrected chi connectivity index (χ4v) is 5.52. The molecular formula is C27H28O2S4. The van der Waals surface area contributed by atoms with E-state index in [0.29, 0.717) is 20.6 Å². The molecular weight excluding hydrogens is 485 g/mol. The molecule has 6 heteroatoms. The molecule has 2 aromatic rings. The Labute approximate surface area is 216 Å². The second-order valence-electron chi connectivity index (χ2n) is 8.41. The van der Waals surface area contributed by atoms with Gasteiger partial charge >= 0.3 is 0 Å². The summed E-state index contributed by atoms with van der Waals surface area (Å²) in [6, 6.07) is 20.9. The Morgan fingerprint density at radius 3 is 1.48 bits per heavy atom. The van der Waals surface area contributed by atoms with Crippen LogP contribution in [0.5, 0.6) is 0 Å². The molecule has 0 unspecified atom stereocenters. The largest absolute Gasteiger partial charge is 0.470 e. The molecule has 2 saturated carbocycles. The maximum Gasteiger partial charge on any atom is 0.220 e. The minimum Gasteiger partial charge on any atom is -0.470 e.